The van der Waals surface area contributed by atoms with Crippen LogP contribution in [0.5, 0.6) is 0 Å². The van der Waals surface area contributed by atoms with Crippen LogP contribution in [0, 0.1) is 5.92 Å². The number of rotatable bonds is 5. The van der Waals surface area contributed by atoms with Crippen molar-refractivity contribution >= 4 is 0 Å². The molecule has 19 heavy (non-hydrogen) atoms. The van der Waals surface area contributed by atoms with Crippen molar-refractivity contribution in [3.63, 3.8) is 0 Å². The van der Waals surface area contributed by atoms with Gasteiger partial charge in [0, 0.05) is 12.0 Å². The van der Waals surface area contributed by atoms with Gasteiger partial charge in [-0.05, 0) is 29.9 Å². The van der Waals surface area contributed by atoms with E-state index in [2.05, 4.69) is 66.1 Å². The quantitative estimate of drug-likeness (QED) is 0.634. The lowest BCUT2D eigenvalue weighted by atomic mass is 9.83. The van der Waals surface area contributed by atoms with Gasteiger partial charge in [0.25, 0.3) is 0 Å². The SMILES string of the molecule is NNC(C1CC1)C(c1ccccc1)c1ccccc1. The Bertz CT molecular complexity index is 466. The van der Waals surface area contributed by atoms with E-state index in [9.17, 15) is 0 Å². The molecule has 2 aromatic rings. The van der Waals surface area contributed by atoms with Gasteiger partial charge in [-0.2, -0.15) is 0 Å². The van der Waals surface area contributed by atoms with E-state index in [0.717, 1.165) is 0 Å². The highest BCUT2D eigenvalue weighted by Gasteiger charge is 2.37. The third-order valence-electron chi connectivity index (χ3n) is 4.00. The van der Waals surface area contributed by atoms with Crippen molar-refractivity contribution < 1.29 is 0 Å². The fourth-order valence-corrected chi connectivity index (χ4v) is 2.89. The van der Waals surface area contributed by atoms with E-state index in [1.54, 1.807) is 0 Å². The first-order chi connectivity index (χ1) is 9.40. The topological polar surface area (TPSA) is 38.0 Å². The summed E-state index contributed by atoms with van der Waals surface area (Å²) in [5.74, 6) is 6.88. The molecular weight excluding hydrogens is 232 g/mol. The first kappa shape index (κ1) is 12.4. The van der Waals surface area contributed by atoms with Crippen LogP contribution in [0.2, 0.25) is 0 Å². The van der Waals surface area contributed by atoms with E-state index in [-0.39, 0.29) is 0 Å². The van der Waals surface area contributed by atoms with Gasteiger partial charge in [0.05, 0.1) is 0 Å². The number of hydrazine groups is 1. The first-order valence-electron chi connectivity index (χ1n) is 6.96. The van der Waals surface area contributed by atoms with Crippen LogP contribution in [0.4, 0.5) is 0 Å². The van der Waals surface area contributed by atoms with Crippen LogP contribution in [0.15, 0.2) is 60.7 Å². The van der Waals surface area contributed by atoms with E-state index in [0.29, 0.717) is 17.9 Å². The summed E-state index contributed by atoms with van der Waals surface area (Å²) in [5.41, 5.74) is 5.73. The lowest BCUT2D eigenvalue weighted by Crippen LogP contribution is -2.41. The molecule has 0 bridgehead atoms. The molecule has 0 amide bonds. The van der Waals surface area contributed by atoms with Gasteiger partial charge in [-0.3, -0.25) is 11.3 Å². The minimum atomic E-state index is 0.324. The number of nitrogens with two attached hydrogens (primary N) is 1. The standard InChI is InChI=1S/C17H20N2/c18-19-17(15-11-12-15)16(13-7-3-1-4-8-13)14-9-5-2-6-10-14/h1-10,15-17,19H,11-12,18H2. The molecule has 1 fully saturated rings. The van der Waals surface area contributed by atoms with Crippen molar-refractivity contribution in [2.75, 3.05) is 0 Å². The second-order valence-corrected chi connectivity index (χ2v) is 5.33. The molecule has 1 unspecified atom stereocenters. The zero-order chi connectivity index (χ0) is 13.1. The van der Waals surface area contributed by atoms with Crippen LogP contribution in [-0.4, -0.2) is 6.04 Å². The Labute approximate surface area is 114 Å². The third-order valence-corrected chi connectivity index (χ3v) is 4.00. The van der Waals surface area contributed by atoms with Gasteiger partial charge in [0.1, 0.15) is 0 Å². The Kier molecular flexibility index (Phi) is 3.62. The van der Waals surface area contributed by atoms with Crippen molar-refractivity contribution in [2.45, 2.75) is 24.8 Å². The molecule has 0 radical (unpaired) electrons. The summed E-state index contributed by atoms with van der Waals surface area (Å²) in [6.07, 6.45) is 2.57. The highest BCUT2D eigenvalue weighted by Crippen LogP contribution is 2.41. The molecule has 0 aromatic heterocycles. The molecule has 2 nitrogen and oxygen atoms in total. The van der Waals surface area contributed by atoms with Crippen LogP contribution >= 0.6 is 0 Å². The predicted octanol–water partition coefficient (Wildman–Crippen LogP) is 3.06. The van der Waals surface area contributed by atoms with Crippen LogP contribution in [0.25, 0.3) is 0 Å². The van der Waals surface area contributed by atoms with E-state index in [4.69, 9.17) is 5.84 Å². The average Bonchev–Trinajstić information content (AvgIpc) is 3.31. The summed E-state index contributed by atoms with van der Waals surface area (Å²) in [6, 6.07) is 21.7. The Balaban J connectivity index is 2.00. The molecule has 1 saturated carbocycles. The lowest BCUT2D eigenvalue weighted by Gasteiger charge is -2.27. The van der Waals surface area contributed by atoms with E-state index in [1.165, 1.54) is 24.0 Å². The molecule has 2 heteroatoms. The van der Waals surface area contributed by atoms with Crippen molar-refractivity contribution in [1.82, 2.24) is 5.43 Å². The number of benzene rings is 2. The molecule has 0 aliphatic heterocycles. The summed E-state index contributed by atoms with van der Waals surface area (Å²) < 4.78 is 0. The lowest BCUT2D eigenvalue weighted by molar-refractivity contribution is 0.431. The Hall–Kier alpha value is -1.64. The molecule has 1 aliphatic carbocycles. The monoisotopic (exact) mass is 252 g/mol. The smallest absolute Gasteiger partial charge is 0.0348 e. The number of hydrogen-bond acceptors (Lipinski definition) is 2. The highest BCUT2D eigenvalue weighted by atomic mass is 15.2. The van der Waals surface area contributed by atoms with Gasteiger partial charge in [-0.25, -0.2) is 0 Å². The third kappa shape index (κ3) is 2.70. The fourth-order valence-electron chi connectivity index (χ4n) is 2.89. The molecule has 3 rings (SSSR count). The van der Waals surface area contributed by atoms with Crippen LogP contribution < -0.4 is 11.3 Å². The van der Waals surface area contributed by atoms with Gasteiger partial charge in [-0.1, -0.05) is 60.7 Å². The molecule has 1 aliphatic rings. The second-order valence-electron chi connectivity index (χ2n) is 5.33. The average molecular weight is 252 g/mol. The molecule has 0 spiro atoms. The molecule has 1 atom stereocenters. The van der Waals surface area contributed by atoms with Gasteiger partial charge >= 0.3 is 0 Å². The summed E-state index contributed by atoms with van der Waals surface area (Å²) in [5, 5.41) is 0. The first-order valence-corrected chi connectivity index (χ1v) is 6.96. The van der Waals surface area contributed by atoms with Crippen molar-refractivity contribution in [3.8, 4) is 0 Å². The summed E-state index contributed by atoms with van der Waals surface area (Å²) in [6.45, 7) is 0. The highest BCUT2D eigenvalue weighted by molar-refractivity contribution is 5.35. The second kappa shape index (κ2) is 5.55. The molecular formula is C17H20N2. The Morgan fingerprint density at radius 3 is 1.68 bits per heavy atom. The maximum atomic E-state index is 5.84. The van der Waals surface area contributed by atoms with Crippen LogP contribution in [-0.2, 0) is 0 Å². The van der Waals surface area contributed by atoms with Crippen molar-refractivity contribution in [1.29, 1.82) is 0 Å². The van der Waals surface area contributed by atoms with E-state index < -0.39 is 0 Å². The zero-order valence-corrected chi connectivity index (χ0v) is 11.0. The number of hydrogen-bond donors (Lipinski definition) is 2. The minimum absolute atomic E-state index is 0.324. The normalized spacial score (nSPS) is 16.5. The van der Waals surface area contributed by atoms with Crippen LogP contribution in [0.3, 0.4) is 0 Å². The van der Waals surface area contributed by atoms with Crippen LogP contribution in [0.1, 0.15) is 29.9 Å². The van der Waals surface area contributed by atoms with E-state index >= 15 is 0 Å². The molecule has 0 saturated heterocycles. The van der Waals surface area contributed by atoms with Gasteiger partial charge in [0.15, 0.2) is 0 Å². The largest absolute Gasteiger partial charge is 0.271 e. The minimum Gasteiger partial charge on any atom is -0.271 e. The maximum Gasteiger partial charge on any atom is 0.0348 e. The predicted molar refractivity (Wildman–Crippen MR) is 78.6 cm³/mol. The summed E-state index contributed by atoms with van der Waals surface area (Å²) in [7, 11) is 0. The summed E-state index contributed by atoms with van der Waals surface area (Å²) >= 11 is 0. The molecule has 2 aromatic carbocycles. The molecule has 98 valence electrons. The van der Waals surface area contributed by atoms with E-state index in [1.807, 2.05) is 0 Å². The van der Waals surface area contributed by atoms with Gasteiger partial charge in [-0.15, -0.1) is 0 Å². The number of nitrogens with one attached hydrogen (secondary N) is 1. The molecule has 0 heterocycles. The fraction of sp³-hybridized carbons (Fsp3) is 0.294. The summed E-state index contributed by atoms with van der Waals surface area (Å²) in [4.78, 5) is 0. The zero-order valence-electron chi connectivity index (χ0n) is 11.0. The van der Waals surface area contributed by atoms with Gasteiger partial charge in [0.2, 0.25) is 0 Å². The molecule has 3 N–H and O–H groups in total. The maximum absolute atomic E-state index is 5.84. The van der Waals surface area contributed by atoms with Crippen molar-refractivity contribution in [3.05, 3.63) is 71.8 Å². The van der Waals surface area contributed by atoms with Gasteiger partial charge < -0.3 is 0 Å². The Morgan fingerprint density at radius 2 is 1.32 bits per heavy atom. The Morgan fingerprint density at radius 1 is 0.842 bits per heavy atom. The van der Waals surface area contributed by atoms with Crippen molar-refractivity contribution in [2.24, 2.45) is 11.8 Å².